The van der Waals surface area contributed by atoms with E-state index in [1.807, 2.05) is 24.6 Å². The van der Waals surface area contributed by atoms with Crippen LogP contribution in [0.15, 0.2) is 35.8 Å². The molecule has 8 nitrogen and oxygen atoms in total. The Kier molecular flexibility index (Phi) is 5.57. The highest BCUT2D eigenvalue weighted by Crippen LogP contribution is 2.26. The molecule has 10 heteroatoms. The van der Waals surface area contributed by atoms with Gasteiger partial charge in [0, 0.05) is 35.9 Å². The van der Waals surface area contributed by atoms with Gasteiger partial charge in [0.25, 0.3) is 5.91 Å². The summed E-state index contributed by atoms with van der Waals surface area (Å²) in [7, 11) is -3.36. The van der Waals surface area contributed by atoms with Gasteiger partial charge in [-0.1, -0.05) is 19.1 Å². The molecule has 0 saturated carbocycles. The minimum absolute atomic E-state index is 0.0374. The quantitative estimate of drug-likeness (QED) is 0.644. The van der Waals surface area contributed by atoms with Gasteiger partial charge in [0.15, 0.2) is 4.96 Å². The Labute approximate surface area is 173 Å². The number of imidazole rings is 1. The first kappa shape index (κ1) is 19.9. The Balaban J connectivity index is 1.61. The molecule has 4 rings (SSSR count). The topological polar surface area (TPSA) is 93.0 Å². The maximum atomic E-state index is 12.8. The molecule has 1 amide bonds. The van der Waals surface area contributed by atoms with Crippen LogP contribution < -0.4 is 4.72 Å². The number of morpholine rings is 1. The van der Waals surface area contributed by atoms with Gasteiger partial charge in [-0.2, -0.15) is 0 Å². The van der Waals surface area contributed by atoms with Crippen LogP contribution in [-0.2, 0) is 14.8 Å². The molecule has 1 aliphatic rings. The molecular formula is C19H22N4O4S2. The molecule has 2 aromatic heterocycles. The fraction of sp³-hybridized carbons (Fsp3) is 0.368. The first-order chi connectivity index (χ1) is 14.0. The molecule has 1 N–H and O–H groups in total. The van der Waals surface area contributed by atoms with Crippen LogP contribution >= 0.6 is 11.3 Å². The largest absolute Gasteiger partial charge is 0.378 e. The molecule has 1 saturated heterocycles. The van der Waals surface area contributed by atoms with Crippen LogP contribution in [0.2, 0.25) is 0 Å². The summed E-state index contributed by atoms with van der Waals surface area (Å²) in [6.45, 7) is 4.09. The molecule has 1 aliphatic heterocycles. The van der Waals surface area contributed by atoms with Gasteiger partial charge in [-0.3, -0.25) is 13.9 Å². The fourth-order valence-corrected chi connectivity index (χ4v) is 5.22. The third-order valence-electron chi connectivity index (χ3n) is 4.63. The van der Waals surface area contributed by atoms with E-state index in [-0.39, 0.29) is 11.7 Å². The normalized spacial score (nSPS) is 15.0. The number of aromatic nitrogens is 2. The smallest absolute Gasteiger partial charge is 0.271 e. The number of sulfonamides is 1. The van der Waals surface area contributed by atoms with Crippen LogP contribution in [0.25, 0.3) is 16.2 Å². The molecule has 29 heavy (non-hydrogen) atoms. The molecule has 0 spiro atoms. The maximum absolute atomic E-state index is 12.8. The summed E-state index contributed by atoms with van der Waals surface area (Å²) in [6, 6.07) is 7.12. The van der Waals surface area contributed by atoms with E-state index in [2.05, 4.69) is 9.71 Å². The van der Waals surface area contributed by atoms with Gasteiger partial charge < -0.3 is 9.64 Å². The Hall–Kier alpha value is -2.43. The van der Waals surface area contributed by atoms with E-state index >= 15 is 0 Å². The summed E-state index contributed by atoms with van der Waals surface area (Å²) in [4.78, 5) is 20.0. The number of fused-ring (bicyclic) bond motifs is 1. The number of anilines is 1. The maximum Gasteiger partial charge on any atom is 0.271 e. The van der Waals surface area contributed by atoms with Crippen molar-refractivity contribution >= 4 is 37.9 Å². The zero-order valence-corrected chi connectivity index (χ0v) is 17.6. The molecule has 1 fully saturated rings. The van der Waals surface area contributed by atoms with E-state index in [4.69, 9.17) is 4.74 Å². The number of carbonyl (C=O) groups is 1. The van der Waals surface area contributed by atoms with Gasteiger partial charge in [-0.05, 0) is 18.6 Å². The number of hydrogen-bond acceptors (Lipinski definition) is 6. The molecule has 0 aliphatic carbocycles. The summed E-state index contributed by atoms with van der Waals surface area (Å²) in [5, 5.41) is 1.82. The highest BCUT2D eigenvalue weighted by molar-refractivity contribution is 7.92. The van der Waals surface area contributed by atoms with Gasteiger partial charge in [-0.15, -0.1) is 11.3 Å². The summed E-state index contributed by atoms with van der Waals surface area (Å²) in [5.41, 5.74) is 2.54. The lowest BCUT2D eigenvalue weighted by Crippen LogP contribution is -2.41. The molecule has 3 aromatic rings. The first-order valence-electron chi connectivity index (χ1n) is 9.41. The van der Waals surface area contributed by atoms with Gasteiger partial charge in [0.2, 0.25) is 10.0 Å². The van der Waals surface area contributed by atoms with Gasteiger partial charge >= 0.3 is 0 Å². The highest BCUT2D eigenvalue weighted by Gasteiger charge is 2.22. The number of nitrogens with one attached hydrogen (secondary N) is 1. The van der Waals surface area contributed by atoms with Crippen molar-refractivity contribution in [3.63, 3.8) is 0 Å². The van der Waals surface area contributed by atoms with E-state index in [1.165, 1.54) is 11.3 Å². The van der Waals surface area contributed by atoms with Gasteiger partial charge in [-0.25, -0.2) is 13.4 Å². The molecule has 1 aromatic carbocycles. The molecular weight excluding hydrogens is 412 g/mol. The predicted molar refractivity (Wildman–Crippen MR) is 113 cm³/mol. The fourth-order valence-electron chi connectivity index (χ4n) is 3.25. The number of thiazole rings is 1. The number of benzene rings is 1. The summed E-state index contributed by atoms with van der Waals surface area (Å²) >= 11 is 1.40. The first-order valence-corrected chi connectivity index (χ1v) is 11.9. The van der Waals surface area contributed by atoms with E-state index in [9.17, 15) is 13.2 Å². The van der Waals surface area contributed by atoms with E-state index in [0.717, 1.165) is 5.56 Å². The van der Waals surface area contributed by atoms with Crippen molar-refractivity contribution in [2.45, 2.75) is 13.3 Å². The second-order valence-corrected chi connectivity index (χ2v) is 9.48. The number of hydrogen-bond donors (Lipinski definition) is 1. The van der Waals surface area contributed by atoms with Crippen molar-refractivity contribution < 1.29 is 17.9 Å². The Morgan fingerprint density at radius 1 is 1.31 bits per heavy atom. The zero-order chi connectivity index (χ0) is 20.4. The number of rotatable bonds is 6. The molecule has 0 atom stereocenters. The molecule has 3 heterocycles. The lowest BCUT2D eigenvalue weighted by molar-refractivity contribution is 0.0298. The lowest BCUT2D eigenvalue weighted by Gasteiger charge is -2.26. The average Bonchev–Trinajstić information content (AvgIpc) is 3.29. The third kappa shape index (κ3) is 4.29. The number of carbonyl (C=O) groups excluding carboxylic acids is 1. The summed E-state index contributed by atoms with van der Waals surface area (Å²) in [6.07, 6.45) is 2.37. The monoisotopic (exact) mass is 434 g/mol. The van der Waals surface area contributed by atoms with E-state index < -0.39 is 10.0 Å². The number of amides is 1. The standard InChI is InChI=1S/C19H22N4O4S2/c1-2-10-29(25,26)21-15-5-3-4-14(11-15)16-12-23-17(13-28-19(23)20-16)18(24)22-6-8-27-9-7-22/h3-5,11-13,21H,2,6-10H2,1H3. The molecule has 0 unspecified atom stereocenters. The van der Waals surface area contributed by atoms with Crippen LogP contribution in [-0.4, -0.2) is 60.7 Å². The highest BCUT2D eigenvalue weighted by atomic mass is 32.2. The molecule has 154 valence electrons. The SMILES string of the molecule is CCCS(=O)(=O)Nc1cccc(-c2cn3c(C(=O)N4CCOCC4)csc3n2)c1. The third-order valence-corrected chi connectivity index (χ3v) is 6.96. The van der Waals surface area contributed by atoms with E-state index in [0.29, 0.717) is 54.8 Å². The van der Waals surface area contributed by atoms with Crippen LogP contribution in [0.3, 0.4) is 0 Å². The second kappa shape index (κ2) is 8.13. The van der Waals surface area contributed by atoms with Crippen LogP contribution in [0, 0.1) is 0 Å². The summed E-state index contributed by atoms with van der Waals surface area (Å²) in [5.74, 6) is 0.0364. The van der Waals surface area contributed by atoms with Crippen molar-refractivity contribution in [2.24, 2.45) is 0 Å². The Morgan fingerprint density at radius 2 is 2.10 bits per heavy atom. The van der Waals surface area contributed by atoms with Crippen molar-refractivity contribution in [3.05, 3.63) is 41.5 Å². The average molecular weight is 435 g/mol. The number of nitrogens with zero attached hydrogens (tertiary/aromatic N) is 3. The van der Waals surface area contributed by atoms with Crippen LogP contribution in [0.4, 0.5) is 5.69 Å². The zero-order valence-electron chi connectivity index (χ0n) is 16.0. The minimum atomic E-state index is -3.36. The van der Waals surface area contributed by atoms with Crippen LogP contribution in [0.1, 0.15) is 23.8 Å². The predicted octanol–water partition coefficient (Wildman–Crippen LogP) is 2.69. The molecule has 0 radical (unpaired) electrons. The van der Waals surface area contributed by atoms with Gasteiger partial charge in [0.1, 0.15) is 5.69 Å². The van der Waals surface area contributed by atoms with Crippen LogP contribution in [0.5, 0.6) is 0 Å². The lowest BCUT2D eigenvalue weighted by atomic mass is 10.1. The molecule has 0 bridgehead atoms. The minimum Gasteiger partial charge on any atom is -0.378 e. The number of ether oxygens (including phenoxy) is 1. The van der Waals surface area contributed by atoms with Crippen molar-refractivity contribution in [1.82, 2.24) is 14.3 Å². The van der Waals surface area contributed by atoms with E-state index in [1.54, 1.807) is 27.5 Å². The van der Waals surface area contributed by atoms with Gasteiger partial charge in [0.05, 0.1) is 24.7 Å². The van der Waals surface area contributed by atoms with Crippen molar-refractivity contribution in [2.75, 3.05) is 36.8 Å². The van der Waals surface area contributed by atoms with Crippen molar-refractivity contribution in [3.8, 4) is 11.3 Å². The Morgan fingerprint density at radius 3 is 2.86 bits per heavy atom. The Bertz CT molecular complexity index is 1130. The summed E-state index contributed by atoms with van der Waals surface area (Å²) < 4.78 is 33.8. The van der Waals surface area contributed by atoms with Crippen molar-refractivity contribution in [1.29, 1.82) is 0 Å². The second-order valence-electron chi connectivity index (χ2n) is 6.81.